The summed E-state index contributed by atoms with van der Waals surface area (Å²) >= 11 is 3.52. The van der Waals surface area contributed by atoms with Gasteiger partial charge in [0.05, 0.1) is 6.54 Å². The molecule has 0 aliphatic carbocycles. The Morgan fingerprint density at radius 2 is 2.19 bits per heavy atom. The third-order valence-corrected chi connectivity index (χ3v) is 4.92. The molecule has 0 amide bonds. The molecule has 1 saturated heterocycles. The van der Waals surface area contributed by atoms with Crippen molar-refractivity contribution in [3.8, 4) is 0 Å². The van der Waals surface area contributed by atoms with Crippen molar-refractivity contribution in [2.24, 2.45) is 18.0 Å². The Bertz CT molecular complexity index is 547. The van der Waals surface area contributed by atoms with Crippen LogP contribution in [0.4, 0.5) is 0 Å². The van der Waals surface area contributed by atoms with Gasteiger partial charge in [-0.25, -0.2) is 0 Å². The van der Waals surface area contributed by atoms with Gasteiger partial charge >= 0.3 is 0 Å². The molecule has 0 unspecified atom stereocenters. The summed E-state index contributed by atoms with van der Waals surface area (Å²) in [5.74, 6) is 1.58. The zero-order valence-corrected chi connectivity index (χ0v) is 20.0. The van der Waals surface area contributed by atoms with E-state index >= 15 is 0 Å². The van der Waals surface area contributed by atoms with Gasteiger partial charge in [0.2, 0.25) is 0 Å². The highest BCUT2D eigenvalue weighted by atomic mass is 127. The highest BCUT2D eigenvalue weighted by molar-refractivity contribution is 14.0. The molecule has 2 rings (SSSR count). The summed E-state index contributed by atoms with van der Waals surface area (Å²) in [6.07, 6.45) is 5.30. The van der Waals surface area contributed by atoms with Crippen LogP contribution in [0.1, 0.15) is 25.0 Å². The first-order valence-corrected chi connectivity index (χ1v) is 9.77. The second-order valence-corrected chi connectivity index (χ2v) is 7.49. The first-order valence-electron chi connectivity index (χ1n) is 8.98. The molecule has 0 aromatic carbocycles. The number of aryl methyl sites for hydroxylation is 1. The smallest absolute Gasteiger partial charge is 0.193 e. The minimum atomic E-state index is 0. The number of ether oxygens (including phenoxy) is 2. The summed E-state index contributed by atoms with van der Waals surface area (Å²) in [4.78, 5) is 6.50. The molecule has 1 aromatic rings. The third-order valence-electron chi connectivity index (χ3n) is 4.49. The number of aliphatic imine (C=N–C) groups is 1. The van der Waals surface area contributed by atoms with E-state index in [1.807, 2.05) is 7.05 Å². The van der Waals surface area contributed by atoms with Crippen molar-refractivity contribution in [2.75, 3.05) is 47.1 Å². The Labute approximate surface area is 182 Å². The SMILES string of the molecule is CN=C(NCCCOCC1CCOCC1)N(C)Cc1cc(Br)cn1C.I. The molecular formula is C18H32BrIN4O2. The summed E-state index contributed by atoms with van der Waals surface area (Å²) in [6, 6.07) is 2.13. The minimum Gasteiger partial charge on any atom is -0.381 e. The summed E-state index contributed by atoms with van der Waals surface area (Å²) < 4.78 is 14.4. The highest BCUT2D eigenvalue weighted by Gasteiger charge is 2.13. The van der Waals surface area contributed by atoms with Gasteiger partial charge in [-0.2, -0.15) is 0 Å². The fourth-order valence-electron chi connectivity index (χ4n) is 2.96. The van der Waals surface area contributed by atoms with Crippen molar-refractivity contribution < 1.29 is 9.47 Å². The zero-order valence-electron chi connectivity index (χ0n) is 16.0. The van der Waals surface area contributed by atoms with E-state index in [2.05, 4.69) is 62.1 Å². The number of hydrogen-bond donors (Lipinski definition) is 1. The predicted octanol–water partition coefficient (Wildman–Crippen LogP) is 3.25. The molecule has 0 radical (unpaired) electrons. The lowest BCUT2D eigenvalue weighted by Crippen LogP contribution is -2.39. The van der Waals surface area contributed by atoms with Crippen molar-refractivity contribution in [3.05, 3.63) is 22.4 Å². The first kappa shape index (κ1) is 23.7. The second-order valence-electron chi connectivity index (χ2n) is 6.57. The Hall–Kier alpha value is -0.320. The summed E-state index contributed by atoms with van der Waals surface area (Å²) in [5.41, 5.74) is 1.23. The average Bonchev–Trinajstić information content (AvgIpc) is 2.92. The van der Waals surface area contributed by atoms with E-state index in [-0.39, 0.29) is 24.0 Å². The maximum Gasteiger partial charge on any atom is 0.193 e. The van der Waals surface area contributed by atoms with Crippen LogP contribution < -0.4 is 5.32 Å². The largest absolute Gasteiger partial charge is 0.381 e. The topological polar surface area (TPSA) is 51.0 Å². The van der Waals surface area contributed by atoms with Gasteiger partial charge in [-0.3, -0.25) is 4.99 Å². The number of guanidine groups is 1. The monoisotopic (exact) mass is 542 g/mol. The fraction of sp³-hybridized carbons (Fsp3) is 0.722. The Morgan fingerprint density at radius 3 is 2.81 bits per heavy atom. The van der Waals surface area contributed by atoms with Gasteiger partial charge in [-0.15, -0.1) is 24.0 Å². The summed E-state index contributed by atoms with van der Waals surface area (Å²) in [7, 11) is 5.93. The van der Waals surface area contributed by atoms with E-state index in [0.29, 0.717) is 5.92 Å². The highest BCUT2D eigenvalue weighted by Crippen LogP contribution is 2.15. The van der Waals surface area contributed by atoms with Crippen LogP contribution in [0.2, 0.25) is 0 Å². The van der Waals surface area contributed by atoms with Crippen LogP contribution in [0.15, 0.2) is 21.7 Å². The van der Waals surface area contributed by atoms with E-state index < -0.39 is 0 Å². The van der Waals surface area contributed by atoms with Crippen LogP contribution in [0, 0.1) is 5.92 Å². The molecule has 1 N–H and O–H groups in total. The van der Waals surface area contributed by atoms with Crippen LogP contribution >= 0.6 is 39.9 Å². The molecule has 1 aliphatic rings. The van der Waals surface area contributed by atoms with Crippen molar-refractivity contribution in [1.82, 2.24) is 14.8 Å². The molecule has 1 aliphatic heterocycles. The van der Waals surface area contributed by atoms with Gasteiger partial charge in [0.25, 0.3) is 0 Å². The summed E-state index contributed by atoms with van der Waals surface area (Å²) in [5, 5.41) is 3.41. The fourth-order valence-corrected chi connectivity index (χ4v) is 3.53. The van der Waals surface area contributed by atoms with Gasteiger partial charge < -0.3 is 24.3 Å². The predicted molar refractivity (Wildman–Crippen MR) is 120 cm³/mol. The lowest BCUT2D eigenvalue weighted by molar-refractivity contribution is 0.0203. The Kier molecular flexibility index (Phi) is 11.8. The van der Waals surface area contributed by atoms with Gasteiger partial charge in [0.15, 0.2) is 5.96 Å². The van der Waals surface area contributed by atoms with Gasteiger partial charge in [-0.05, 0) is 47.2 Å². The Balaban J connectivity index is 0.00000338. The zero-order chi connectivity index (χ0) is 18.1. The summed E-state index contributed by atoms with van der Waals surface area (Å²) in [6.45, 7) is 5.09. The molecule has 150 valence electrons. The minimum absolute atomic E-state index is 0. The number of hydrogen-bond acceptors (Lipinski definition) is 3. The van der Waals surface area contributed by atoms with E-state index in [9.17, 15) is 0 Å². The number of nitrogens with one attached hydrogen (secondary N) is 1. The van der Waals surface area contributed by atoms with Crippen LogP contribution in [0.25, 0.3) is 0 Å². The molecule has 6 nitrogen and oxygen atoms in total. The lowest BCUT2D eigenvalue weighted by Gasteiger charge is -2.23. The Morgan fingerprint density at radius 1 is 1.46 bits per heavy atom. The number of rotatable bonds is 8. The van der Waals surface area contributed by atoms with Crippen molar-refractivity contribution in [2.45, 2.75) is 25.8 Å². The lowest BCUT2D eigenvalue weighted by atomic mass is 10.0. The van der Waals surface area contributed by atoms with Crippen molar-refractivity contribution in [1.29, 1.82) is 0 Å². The average molecular weight is 543 g/mol. The van der Waals surface area contributed by atoms with Crippen molar-refractivity contribution in [3.63, 3.8) is 0 Å². The van der Waals surface area contributed by atoms with E-state index in [1.54, 1.807) is 0 Å². The van der Waals surface area contributed by atoms with Crippen LogP contribution in [-0.2, 0) is 23.1 Å². The standard InChI is InChI=1S/C18H31BrN4O2.HI/c1-20-18(23(3)13-17-11-16(19)12-22(17)2)21-7-4-8-25-14-15-5-9-24-10-6-15;/h11-12,15H,4-10,13-14H2,1-3H3,(H,20,21);1H. The third kappa shape index (κ3) is 8.14. The number of halogens is 2. The maximum atomic E-state index is 5.81. The first-order chi connectivity index (χ1) is 12.1. The normalized spacial score (nSPS) is 15.6. The molecule has 0 atom stereocenters. The number of nitrogens with zero attached hydrogens (tertiary/aromatic N) is 3. The molecule has 0 saturated carbocycles. The van der Waals surface area contributed by atoms with E-state index in [4.69, 9.17) is 9.47 Å². The van der Waals surface area contributed by atoms with Gasteiger partial charge in [-0.1, -0.05) is 0 Å². The molecular weight excluding hydrogens is 511 g/mol. The maximum absolute atomic E-state index is 5.81. The van der Waals surface area contributed by atoms with E-state index in [1.165, 1.54) is 5.69 Å². The molecule has 0 bridgehead atoms. The molecule has 26 heavy (non-hydrogen) atoms. The second kappa shape index (κ2) is 13.0. The van der Waals surface area contributed by atoms with Crippen LogP contribution in [0.3, 0.4) is 0 Å². The van der Waals surface area contributed by atoms with Crippen LogP contribution in [-0.4, -0.2) is 62.5 Å². The van der Waals surface area contributed by atoms with Crippen LogP contribution in [0.5, 0.6) is 0 Å². The molecule has 2 heterocycles. The molecule has 8 heteroatoms. The quantitative estimate of drug-likeness (QED) is 0.237. The molecule has 1 aromatic heterocycles. The van der Waals surface area contributed by atoms with Crippen molar-refractivity contribution >= 4 is 45.9 Å². The molecule has 0 spiro atoms. The van der Waals surface area contributed by atoms with Gasteiger partial charge in [0.1, 0.15) is 0 Å². The number of aromatic nitrogens is 1. The van der Waals surface area contributed by atoms with E-state index in [0.717, 1.165) is 69.2 Å². The molecule has 1 fully saturated rings. The van der Waals surface area contributed by atoms with Gasteiger partial charge in [0, 0.05) is 70.5 Å².